The van der Waals surface area contributed by atoms with Crippen molar-refractivity contribution in [2.24, 2.45) is 5.41 Å². The van der Waals surface area contributed by atoms with E-state index < -0.39 is 23.6 Å². The van der Waals surface area contributed by atoms with Gasteiger partial charge in [0.25, 0.3) is 0 Å². The highest BCUT2D eigenvalue weighted by atomic mass is 16.6. The molecule has 1 atom stereocenters. The number of hydrogen-bond donors (Lipinski definition) is 2. The number of aromatic nitrogens is 4. The van der Waals surface area contributed by atoms with Crippen molar-refractivity contribution in [3.8, 4) is 5.75 Å². The summed E-state index contributed by atoms with van der Waals surface area (Å²) < 4.78 is 12.7. The molecule has 0 spiro atoms. The fourth-order valence-electron chi connectivity index (χ4n) is 6.36. The number of methoxy groups -OCH3 is 1. The van der Waals surface area contributed by atoms with Crippen molar-refractivity contribution in [2.45, 2.75) is 65.0 Å². The lowest BCUT2D eigenvalue weighted by atomic mass is 9.80. The number of alkyl carbamates (subject to hydrolysis) is 1. The van der Waals surface area contributed by atoms with Crippen LogP contribution in [0.4, 0.5) is 22.1 Å². The van der Waals surface area contributed by atoms with E-state index in [0.29, 0.717) is 43.0 Å². The first kappa shape index (κ1) is 32.1. The van der Waals surface area contributed by atoms with Crippen LogP contribution >= 0.6 is 0 Å². The molecule has 1 amide bonds. The van der Waals surface area contributed by atoms with E-state index in [4.69, 9.17) is 24.5 Å². The summed E-state index contributed by atoms with van der Waals surface area (Å²) in [6.45, 7) is 10.8. The minimum Gasteiger partial charge on any atom is -0.497 e. The van der Waals surface area contributed by atoms with E-state index in [9.17, 15) is 14.7 Å². The van der Waals surface area contributed by atoms with Crippen LogP contribution in [0.3, 0.4) is 0 Å². The largest absolute Gasteiger partial charge is 0.497 e. The zero-order valence-electron chi connectivity index (χ0n) is 27.7. The van der Waals surface area contributed by atoms with Gasteiger partial charge >= 0.3 is 12.1 Å². The van der Waals surface area contributed by atoms with Crippen molar-refractivity contribution in [1.29, 1.82) is 0 Å². The smallest absolute Gasteiger partial charge is 0.407 e. The molecule has 0 aliphatic carbocycles. The number of carboxylic acids is 1. The van der Waals surface area contributed by atoms with Gasteiger partial charge in [0.2, 0.25) is 0 Å². The fourth-order valence-corrected chi connectivity index (χ4v) is 6.36. The number of benzene rings is 2. The Bertz CT molecular complexity index is 1760. The first-order chi connectivity index (χ1) is 22.4. The molecule has 12 heteroatoms. The molecule has 2 N–H and O–H groups in total. The monoisotopic (exact) mass is 641 g/mol. The predicted octanol–water partition coefficient (Wildman–Crippen LogP) is 5.72. The van der Waals surface area contributed by atoms with E-state index in [-0.39, 0.29) is 5.41 Å². The molecule has 1 saturated heterocycles. The van der Waals surface area contributed by atoms with Gasteiger partial charge in [-0.2, -0.15) is 5.10 Å². The summed E-state index contributed by atoms with van der Waals surface area (Å²) in [6.07, 6.45) is 3.61. The van der Waals surface area contributed by atoms with Crippen LogP contribution in [0, 0.1) is 5.41 Å². The maximum Gasteiger partial charge on any atom is 0.407 e. The zero-order chi connectivity index (χ0) is 33.3. The van der Waals surface area contributed by atoms with E-state index in [2.05, 4.69) is 22.0 Å². The maximum absolute atomic E-state index is 12.3. The number of carbonyl (C=O) groups excluding carboxylic acids is 1. The molecule has 1 unspecified atom stereocenters. The normalized spacial score (nSPS) is 17.7. The number of nitrogens with one attached hydrogen (secondary N) is 1. The number of anilines is 3. The Balaban J connectivity index is 1.29. The van der Waals surface area contributed by atoms with Crippen LogP contribution in [0.25, 0.3) is 11.2 Å². The minimum atomic E-state index is -0.824. The van der Waals surface area contributed by atoms with Gasteiger partial charge in [-0.3, -0.25) is 4.79 Å². The summed E-state index contributed by atoms with van der Waals surface area (Å²) in [5, 5.41) is 17.9. The molecule has 248 valence electrons. The summed E-state index contributed by atoms with van der Waals surface area (Å²) >= 11 is 0. The van der Waals surface area contributed by atoms with E-state index in [1.54, 1.807) is 7.11 Å². The summed E-state index contributed by atoms with van der Waals surface area (Å²) in [7, 11) is 1.64. The van der Waals surface area contributed by atoms with Crippen molar-refractivity contribution >= 4 is 40.5 Å². The topological polar surface area (TPSA) is 135 Å². The SMILES string of the molecule is COc1ccc(Cn2nc(N3CCC(C(=O)O)c4ccccc43)c3ncc(N4CCC(C)(CNC(=O)OC(C)(C)C)CC4)nc32)cc1. The van der Waals surface area contributed by atoms with Crippen LogP contribution < -0.4 is 19.9 Å². The quantitative estimate of drug-likeness (QED) is 0.246. The second-order valence-corrected chi connectivity index (χ2v) is 13.8. The lowest BCUT2D eigenvalue weighted by molar-refractivity contribution is -0.139. The minimum absolute atomic E-state index is 0.0658. The number of piperidine rings is 1. The number of rotatable bonds is 8. The Hall–Kier alpha value is -4.87. The van der Waals surface area contributed by atoms with Gasteiger partial charge in [-0.15, -0.1) is 0 Å². The average molecular weight is 642 g/mol. The Labute approximate surface area is 274 Å². The van der Waals surface area contributed by atoms with Crippen molar-refractivity contribution < 1.29 is 24.2 Å². The summed E-state index contributed by atoms with van der Waals surface area (Å²) in [6, 6.07) is 15.5. The molecule has 47 heavy (non-hydrogen) atoms. The Kier molecular flexibility index (Phi) is 8.69. The Morgan fingerprint density at radius 3 is 2.47 bits per heavy atom. The van der Waals surface area contributed by atoms with Gasteiger partial charge in [0.15, 0.2) is 17.0 Å². The number of nitrogens with zero attached hydrogens (tertiary/aromatic N) is 6. The molecule has 2 aliphatic heterocycles. The molecule has 12 nitrogen and oxygen atoms in total. The number of carboxylic acid groups (broad SMARTS) is 1. The molecule has 0 saturated carbocycles. The predicted molar refractivity (Wildman–Crippen MR) is 180 cm³/mol. The second-order valence-electron chi connectivity index (χ2n) is 13.8. The second kappa shape index (κ2) is 12.7. The van der Waals surface area contributed by atoms with E-state index in [0.717, 1.165) is 54.3 Å². The van der Waals surface area contributed by atoms with Gasteiger partial charge in [-0.1, -0.05) is 37.3 Å². The van der Waals surface area contributed by atoms with Gasteiger partial charge in [0.1, 0.15) is 17.2 Å². The number of fused-ring (bicyclic) bond motifs is 2. The molecule has 4 aromatic rings. The number of carbonyl (C=O) groups is 2. The van der Waals surface area contributed by atoms with Crippen LogP contribution in [0.15, 0.2) is 54.7 Å². The standard InChI is InChI=1S/C35H43N7O5/c1-34(2,3)47-33(45)37-22-35(4)15-18-40(19-16-35)28-20-36-29-30(38-28)42(21-23-10-12-24(46-5)13-11-23)39-31(29)41-17-14-26(32(43)44)25-8-6-7-9-27(25)41/h6-13,20,26H,14-19,21-22H2,1-5H3,(H,37,45)(H,43,44). The fraction of sp³-hybridized carbons (Fsp3) is 0.457. The third kappa shape index (κ3) is 6.96. The van der Waals surface area contributed by atoms with Gasteiger partial charge < -0.3 is 29.7 Å². The molecule has 2 aliphatic rings. The van der Waals surface area contributed by atoms with Crippen molar-refractivity contribution in [3.05, 3.63) is 65.9 Å². The number of hydrogen-bond acceptors (Lipinski definition) is 9. The maximum atomic E-state index is 12.3. The highest BCUT2D eigenvalue weighted by molar-refractivity contribution is 5.90. The molecular weight excluding hydrogens is 598 g/mol. The Morgan fingerprint density at radius 2 is 1.79 bits per heavy atom. The first-order valence-electron chi connectivity index (χ1n) is 16.1. The van der Waals surface area contributed by atoms with Crippen LogP contribution in [0.1, 0.15) is 64.0 Å². The van der Waals surface area contributed by atoms with Gasteiger partial charge in [0.05, 0.1) is 25.8 Å². The van der Waals surface area contributed by atoms with Gasteiger partial charge in [-0.25, -0.2) is 19.4 Å². The molecule has 6 rings (SSSR count). The van der Waals surface area contributed by atoms with Crippen LogP contribution in [-0.4, -0.2) is 75.8 Å². The molecule has 2 aromatic carbocycles. The third-order valence-corrected chi connectivity index (χ3v) is 9.06. The van der Waals surface area contributed by atoms with Gasteiger partial charge in [-0.05, 0) is 74.8 Å². The zero-order valence-corrected chi connectivity index (χ0v) is 27.7. The molecule has 0 radical (unpaired) electrons. The summed E-state index contributed by atoms with van der Waals surface area (Å²) in [5.74, 6) is 0.806. The Morgan fingerprint density at radius 1 is 1.06 bits per heavy atom. The third-order valence-electron chi connectivity index (χ3n) is 9.06. The number of aliphatic carboxylic acids is 1. The molecular formula is C35H43N7O5. The average Bonchev–Trinajstić information content (AvgIpc) is 3.40. The van der Waals surface area contributed by atoms with Crippen LogP contribution in [-0.2, 0) is 16.1 Å². The number of amides is 1. The molecule has 2 aromatic heterocycles. The van der Waals surface area contributed by atoms with Crippen LogP contribution in [0.5, 0.6) is 5.75 Å². The molecule has 4 heterocycles. The highest BCUT2D eigenvalue weighted by Gasteiger charge is 2.34. The van der Waals surface area contributed by atoms with Crippen LogP contribution in [0.2, 0.25) is 0 Å². The molecule has 0 bridgehead atoms. The number of para-hydroxylation sites is 1. The van der Waals surface area contributed by atoms with Crippen molar-refractivity contribution in [1.82, 2.24) is 25.1 Å². The van der Waals surface area contributed by atoms with Crippen molar-refractivity contribution in [3.63, 3.8) is 0 Å². The summed E-state index contributed by atoms with van der Waals surface area (Å²) in [5.41, 5.74) is 3.34. The number of ether oxygens (including phenoxy) is 2. The summed E-state index contributed by atoms with van der Waals surface area (Å²) in [4.78, 5) is 38.7. The lowest BCUT2D eigenvalue weighted by Crippen LogP contribution is -2.46. The van der Waals surface area contributed by atoms with E-state index in [1.807, 2.05) is 80.2 Å². The van der Waals surface area contributed by atoms with Crippen molar-refractivity contribution in [2.75, 3.05) is 43.1 Å². The van der Waals surface area contributed by atoms with Gasteiger partial charge in [0, 0.05) is 31.9 Å². The van der Waals surface area contributed by atoms with E-state index in [1.165, 1.54) is 0 Å². The highest BCUT2D eigenvalue weighted by Crippen LogP contribution is 2.41. The lowest BCUT2D eigenvalue weighted by Gasteiger charge is -2.40. The molecule has 1 fully saturated rings. The first-order valence-corrected chi connectivity index (χ1v) is 16.1. The van der Waals surface area contributed by atoms with E-state index >= 15 is 0 Å².